The first-order valence-electron chi connectivity index (χ1n) is 7.50. The first-order chi connectivity index (χ1) is 11.9. The van der Waals surface area contributed by atoms with E-state index in [1.807, 2.05) is 0 Å². The minimum Gasteiger partial charge on any atom is -0.478 e. The van der Waals surface area contributed by atoms with E-state index in [0.29, 0.717) is 39.2 Å². The monoisotopic (exact) mass is 380 g/mol. The van der Waals surface area contributed by atoms with Crippen molar-refractivity contribution in [3.05, 3.63) is 69.5 Å². The SMILES string of the molecule is C=CCONC=C1C(C)=NC(C)=C(C(=O)O)C1c1cccc(Cl)c1Cl. The number of benzene rings is 1. The van der Waals surface area contributed by atoms with Crippen molar-refractivity contribution < 1.29 is 14.7 Å². The number of aliphatic carboxylic acids is 1. The molecule has 1 heterocycles. The number of hydroxylamine groups is 1. The van der Waals surface area contributed by atoms with Crippen molar-refractivity contribution in [3.8, 4) is 0 Å². The molecule has 2 N–H and O–H groups in total. The minimum absolute atomic E-state index is 0.145. The molecule has 0 amide bonds. The van der Waals surface area contributed by atoms with Crippen molar-refractivity contribution in [1.29, 1.82) is 0 Å². The van der Waals surface area contributed by atoms with Crippen LogP contribution in [0.25, 0.3) is 0 Å². The highest BCUT2D eigenvalue weighted by Gasteiger charge is 2.34. The molecule has 7 heteroatoms. The average molecular weight is 381 g/mol. The molecule has 1 aliphatic rings. The number of allylic oxidation sites excluding steroid dienone is 2. The number of nitrogens with one attached hydrogen (secondary N) is 1. The smallest absolute Gasteiger partial charge is 0.334 e. The van der Waals surface area contributed by atoms with Crippen LogP contribution in [-0.2, 0) is 9.63 Å². The summed E-state index contributed by atoms with van der Waals surface area (Å²) in [7, 11) is 0. The second-order valence-corrected chi connectivity index (χ2v) is 6.18. The van der Waals surface area contributed by atoms with Gasteiger partial charge in [-0.1, -0.05) is 41.4 Å². The van der Waals surface area contributed by atoms with Crippen molar-refractivity contribution in [2.75, 3.05) is 6.61 Å². The van der Waals surface area contributed by atoms with Crippen LogP contribution in [0, 0.1) is 0 Å². The van der Waals surface area contributed by atoms with E-state index in [2.05, 4.69) is 17.1 Å². The van der Waals surface area contributed by atoms with Gasteiger partial charge in [0.2, 0.25) is 0 Å². The lowest BCUT2D eigenvalue weighted by Gasteiger charge is -2.27. The Kier molecular flexibility index (Phi) is 6.42. The van der Waals surface area contributed by atoms with Gasteiger partial charge in [-0.3, -0.25) is 15.3 Å². The summed E-state index contributed by atoms with van der Waals surface area (Å²) in [6.45, 7) is 7.32. The van der Waals surface area contributed by atoms with Gasteiger partial charge in [-0.05, 0) is 25.5 Å². The Morgan fingerprint density at radius 1 is 1.44 bits per heavy atom. The summed E-state index contributed by atoms with van der Waals surface area (Å²) < 4.78 is 0. The molecule has 5 nitrogen and oxygen atoms in total. The molecule has 0 saturated carbocycles. The maximum absolute atomic E-state index is 11.9. The number of carbonyl (C=O) groups is 1. The fourth-order valence-corrected chi connectivity index (χ4v) is 3.11. The van der Waals surface area contributed by atoms with Gasteiger partial charge in [-0.15, -0.1) is 6.58 Å². The second kappa shape index (κ2) is 8.34. The highest BCUT2D eigenvalue weighted by atomic mass is 35.5. The van der Waals surface area contributed by atoms with E-state index in [0.717, 1.165) is 0 Å². The Labute approximate surface area is 156 Å². The topological polar surface area (TPSA) is 70.9 Å². The summed E-state index contributed by atoms with van der Waals surface area (Å²) in [6.07, 6.45) is 3.17. The van der Waals surface area contributed by atoms with Gasteiger partial charge in [0.25, 0.3) is 0 Å². The highest BCUT2D eigenvalue weighted by molar-refractivity contribution is 6.42. The van der Waals surface area contributed by atoms with E-state index < -0.39 is 11.9 Å². The van der Waals surface area contributed by atoms with E-state index in [9.17, 15) is 9.90 Å². The van der Waals surface area contributed by atoms with Crippen molar-refractivity contribution in [1.82, 2.24) is 5.48 Å². The number of rotatable bonds is 6. The zero-order valence-electron chi connectivity index (χ0n) is 13.8. The second-order valence-electron chi connectivity index (χ2n) is 5.39. The maximum atomic E-state index is 11.9. The van der Waals surface area contributed by atoms with Crippen LogP contribution in [-0.4, -0.2) is 23.4 Å². The number of aliphatic imine (C=N–C) groups is 1. The molecular weight excluding hydrogens is 363 g/mol. The van der Waals surface area contributed by atoms with Crippen LogP contribution >= 0.6 is 23.2 Å². The van der Waals surface area contributed by atoms with Gasteiger partial charge < -0.3 is 5.11 Å². The lowest BCUT2D eigenvalue weighted by Crippen LogP contribution is -2.24. The van der Waals surface area contributed by atoms with Crippen molar-refractivity contribution in [3.63, 3.8) is 0 Å². The summed E-state index contributed by atoms with van der Waals surface area (Å²) >= 11 is 12.5. The molecule has 2 rings (SSSR count). The predicted molar refractivity (Wildman–Crippen MR) is 100 cm³/mol. The molecule has 1 aromatic rings. The molecule has 25 heavy (non-hydrogen) atoms. The molecule has 0 radical (unpaired) electrons. The van der Waals surface area contributed by atoms with Crippen molar-refractivity contribution in [2.24, 2.45) is 4.99 Å². The standard InChI is InChI=1S/C18H18Cl2N2O3/c1-4-8-25-21-9-13-10(2)22-11(3)15(18(23)24)16(13)12-6-5-7-14(19)17(12)20/h4-7,9,16,21H,1,8H2,2-3H3,(H,23,24). The molecule has 0 saturated heterocycles. The third kappa shape index (κ3) is 4.12. The quantitative estimate of drug-likeness (QED) is 0.432. The maximum Gasteiger partial charge on any atom is 0.334 e. The van der Waals surface area contributed by atoms with E-state index in [-0.39, 0.29) is 5.57 Å². The third-order valence-corrected chi connectivity index (χ3v) is 4.60. The van der Waals surface area contributed by atoms with Gasteiger partial charge in [0.1, 0.15) is 0 Å². The molecule has 0 fully saturated rings. The summed E-state index contributed by atoms with van der Waals surface area (Å²) in [5.41, 5.74) is 5.15. The third-order valence-electron chi connectivity index (χ3n) is 3.76. The Morgan fingerprint density at radius 3 is 2.80 bits per heavy atom. The number of carboxylic acids is 1. The van der Waals surface area contributed by atoms with Gasteiger partial charge in [0.05, 0.1) is 22.2 Å². The van der Waals surface area contributed by atoms with Crippen molar-refractivity contribution >= 4 is 34.9 Å². The Balaban J connectivity index is 2.61. The first-order valence-corrected chi connectivity index (χ1v) is 8.26. The normalized spacial score (nSPS) is 19.0. The van der Waals surface area contributed by atoms with Crippen LogP contribution in [0.2, 0.25) is 10.0 Å². The van der Waals surface area contributed by atoms with E-state index in [1.54, 1.807) is 44.3 Å². The molecule has 1 aliphatic heterocycles. The fraction of sp³-hybridized carbons (Fsp3) is 0.222. The van der Waals surface area contributed by atoms with Crippen LogP contribution in [0.3, 0.4) is 0 Å². The summed E-state index contributed by atoms with van der Waals surface area (Å²) in [5.74, 6) is -1.69. The van der Waals surface area contributed by atoms with Crippen LogP contribution in [0.1, 0.15) is 25.3 Å². The predicted octanol–water partition coefficient (Wildman–Crippen LogP) is 4.50. The Morgan fingerprint density at radius 2 is 2.16 bits per heavy atom. The van der Waals surface area contributed by atoms with E-state index in [4.69, 9.17) is 28.0 Å². The summed E-state index contributed by atoms with van der Waals surface area (Å²) in [5, 5.41) is 10.4. The summed E-state index contributed by atoms with van der Waals surface area (Å²) in [6, 6.07) is 5.15. The number of hydrogen-bond donors (Lipinski definition) is 2. The van der Waals surface area contributed by atoms with Gasteiger partial charge in [-0.25, -0.2) is 4.79 Å². The molecule has 1 aromatic carbocycles. The molecule has 1 unspecified atom stereocenters. The van der Waals surface area contributed by atoms with Crippen molar-refractivity contribution in [2.45, 2.75) is 19.8 Å². The number of hydrogen-bond acceptors (Lipinski definition) is 4. The van der Waals surface area contributed by atoms with Gasteiger partial charge in [-0.2, -0.15) is 0 Å². The lowest BCUT2D eigenvalue weighted by molar-refractivity contribution is -0.133. The van der Waals surface area contributed by atoms with E-state index in [1.165, 1.54) is 0 Å². The molecule has 0 spiro atoms. The molecule has 1 atom stereocenters. The van der Waals surface area contributed by atoms with Crippen LogP contribution in [0.4, 0.5) is 0 Å². The highest BCUT2D eigenvalue weighted by Crippen LogP contribution is 2.42. The summed E-state index contributed by atoms with van der Waals surface area (Å²) in [4.78, 5) is 21.4. The molecule has 0 aromatic heterocycles. The minimum atomic E-state index is -1.06. The fourth-order valence-electron chi connectivity index (χ4n) is 2.69. The van der Waals surface area contributed by atoms with Crippen LogP contribution < -0.4 is 5.48 Å². The molecular formula is C18H18Cl2N2O3. The number of carboxylic acid groups (broad SMARTS) is 1. The molecule has 132 valence electrons. The zero-order chi connectivity index (χ0) is 18.6. The number of halogens is 2. The Bertz CT molecular complexity index is 798. The Hall–Kier alpha value is -2.08. The van der Waals surface area contributed by atoms with Crippen LogP contribution in [0.5, 0.6) is 0 Å². The first kappa shape index (κ1) is 19.2. The van der Waals surface area contributed by atoms with E-state index >= 15 is 0 Å². The van der Waals surface area contributed by atoms with Gasteiger partial charge in [0, 0.05) is 29.1 Å². The molecule has 0 aliphatic carbocycles. The van der Waals surface area contributed by atoms with Gasteiger partial charge in [0.15, 0.2) is 0 Å². The number of nitrogens with zero attached hydrogens (tertiary/aromatic N) is 1. The molecule has 0 bridgehead atoms. The zero-order valence-corrected chi connectivity index (χ0v) is 15.4. The largest absolute Gasteiger partial charge is 0.478 e. The van der Waals surface area contributed by atoms with Crippen LogP contribution in [0.15, 0.2) is 58.9 Å². The lowest BCUT2D eigenvalue weighted by atomic mass is 9.80. The van der Waals surface area contributed by atoms with Gasteiger partial charge >= 0.3 is 5.97 Å². The average Bonchev–Trinajstić information content (AvgIpc) is 2.55.